The van der Waals surface area contributed by atoms with E-state index < -0.39 is 5.82 Å². The lowest BCUT2D eigenvalue weighted by Gasteiger charge is -2.09. The van der Waals surface area contributed by atoms with E-state index in [1.165, 1.54) is 18.3 Å². The predicted octanol–water partition coefficient (Wildman–Crippen LogP) is 2.58. The van der Waals surface area contributed by atoms with E-state index in [0.717, 1.165) is 0 Å². The van der Waals surface area contributed by atoms with Gasteiger partial charge in [0.2, 0.25) is 5.95 Å². The van der Waals surface area contributed by atoms with Crippen molar-refractivity contribution in [3.8, 4) is 6.07 Å². The molecular formula is C11H7BrFN5. The van der Waals surface area contributed by atoms with Crippen molar-refractivity contribution in [1.82, 2.24) is 9.97 Å². The van der Waals surface area contributed by atoms with Crippen molar-refractivity contribution < 1.29 is 4.39 Å². The minimum Gasteiger partial charge on any atom is -0.368 e. The van der Waals surface area contributed by atoms with Crippen LogP contribution in [0.25, 0.3) is 0 Å². The van der Waals surface area contributed by atoms with E-state index in [1.54, 1.807) is 12.1 Å². The fourth-order valence-electron chi connectivity index (χ4n) is 1.34. The van der Waals surface area contributed by atoms with E-state index in [9.17, 15) is 4.39 Å². The zero-order valence-corrected chi connectivity index (χ0v) is 10.6. The van der Waals surface area contributed by atoms with Gasteiger partial charge in [-0.25, -0.2) is 9.37 Å². The molecule has 0 saturated carbocycles. The highest BCUT2D eigenvalue weighted by Gasteiger charge is 2.10. The van der Waals surface area contributed by atoms with Crippen LogP contribution in [0.1, 0.15) is 5.56 Å². The number of halogens is 2. The lowest BCUT2D eigenvalue weighted by Crippen LogP contribution is -2.02. The molecule has 2 rings (SSSR count). The molecule has 0 amide bonds. The molecule has 18 heavy (non-hydrogen) atoms. The summed E-state index contributed by atoms with van der Waals surface area (Å²) in [4.78, 5) is 7.73. The van der Waals surface area contributed by atoms with E-state index >= 15 is 0 Å². The smallest absolute Gasteiger partial charge is 0.222 e. The van der Waals surface area contributed by atoms with Crippen molar-refractivity contribution in [2.45, 2.75) is 0 Å². The number of rotatable bonds is 2. The van der Waals surface area contributed by atoms with Crippen LogP contribution >= 0.6 is 15.9 Å². The number of nitrogens with zero attached hydrogens (tertiary/aromatic N) is 3. The molecule has 90 valence electrons. The first-order valence-corrected chi connectivity index (χ1v) is 5.64. The molecule has 0 bridgehead atoms. The summed E-state index contributed by atoms with van der Waals surface area (Å²) in [6.45, 7) is 0. The average Bonchev–Trinajstić information content (AvgIpc) is 2.34. The number of aromatic nitrogens is 2. The summed E-state index contributed by atoms with van der Waals surface area (Å²) < 4.78 is 14.0. The van der Waals surface area contributed by atoms with Crippen LogP contribution in [0, 0.1) is 17.1 Å². The van der Waals surface area contributed by atoms with Crippen molar-refractivity contribution in [2.75, 3.05) is 11.1 Å². The standard InChI is InChI=1S/C11H7BrFN5/c12-7-5-16-11(15)18-10(7)17-9-3-1-2-8(13)6(9)4-14/h1-3,5H,(H3,15,16,17,18). The second kappa shape index (κ2) is 4.98. The second-order valence-electron chi connectivity index (χ2n) is 3.32. The Morgan fingerprint density at radius 2 is 2.22 bits per heavy atom. The van der Waals surface area contributed by atoms with Crippen molar-refractivity contribution in [3.05, 3.63) is 40.2 Å². The molecule has 2 aromatic rings. The maximum Gasteiger partial charge on any atom is 0.222 e. The summed E-state index contributed by atoms with van der Waals surface area (Å²) in [7, 11) is 0. The second-order valence-corrected chi connectivity index (χ2v) is 4.18. The van der Waals surface area contributed by atoms with Gasteiger partial charge in [0.05, 0.1) is 10.2 Å². The molecule has 0 unspecified atom stereocenters. The van der Waals surface area contributed by atoms with Gasteiger partial charge in [0.1, 0.15) is 23.3 Å². The predicted molar refractivity (Wildman–Crippen MR) is 68.5 cm³/mol. The fraction of sp³-hybridized carbons (Fsp3) is 0. The van der Waals surface area contributed by atoms with Crippen molar-refractivity contribution in [1.29, 1.82) is 5.26 Å². The molecule has 5 nitrogen and oxygen atoms in total. The first kappa shape index (κ1) is 12.3. The Morgan fingerprint density at radius 1 is 1.44 bits per heavy atom. The highest BCUT2D eigenvalue weighted by molar-refractivity contribution is 9.10. The Kier molecular flexibility index (Phi) is 3.39. The minimum absolute atomic E-state index is 0.0793. The van der Waals surface area contributed by atoms with Crippen molar-refractivity contribution >= 4 is 33.4 Å². The van der Waals surface area contributed by atoms with Gasteiger partial charge in [0, 0.05) is 6.20 Å². The summed E-state index contributed by atoms with van der Waals surface area (Å²) in [6, 6.07) is 6.08. The summed E-state index contributed by atoms with van der Waals surface area (Å²) in [5, 5.41) is 11.7. The third kappa shape index (κ3) is 2.38. The zero-order chi connectivity index (χ0) is 13.1. The molecule has 3 N–H and O–H groups in total. The molecule has 0 fully saturated rings. The maximum atomic E-state index is 13.4. The van der Waals surface area contributed by atoms with Crippen LogP contribution in [-0.2, 0) is 0 Å². The molecule has 0 aliphatic rings. The SMILES string of the molecule is N#Cc1c(F)cccc1Nc1nc(N)ncc1Br. The number of hydrogen-bond acceptors (Lipinski definition) is 5. The van der Waals surface area contributed by atoms with E-state index in [1.807, 2.05) is 0 Å². The molecule has 0 saturated heterocycles. The monoisotopic (exact) mass is 307 g/mol. The Hall–Kier alpha value is -2.20. The number of nitrogens with two attached hydrogens (primary N) is 1. The highest BCUT2D eigenvalue weighted by Crippen LogP contribution is 2.26. The van der Waals surface area contributed by atoms with Crippen molar-refractivity contribution in [2.24, 2.45) is 0 Å². The van der Waals surface area contributed by atoms with E-state index in [2.05, 4.69) is 31.2 Å². The first-order chi connectivity index (χ1) is 8.61. The normalized spacial score (nSPS) is 9.83. The van der Waals surface area contributed by atoms with Crippen LogP contribution in [0.5, 0.6) is 0 Å². The topological polar surface area (TPSA) is 87.6 Å². The molecule has 0 aliphatic heterocycles. The Labute approximate surface area is 111 Å². The zero-order valence-electron chi connectivity index (χ0n) is 8.98. The number of anilines is 3. The summed E-state index contributed by atoms with van der Waals surface area (Å²) in [5.41, 5.74) is 5.69. The molecule has 0 aliphatic carbocycles. The maximum absolute atomic E-state index is 13.4. The van der Waals surface area contributed by atoms with Crippen LogP contribution in [0.3, 0.4) is 0 Å². The van der Waals surface area contributed by atoms with E-state index in [-0.39, 0.29) is 11.5 Å². The first-order valence-electron chi connectivity index (χ1n) is 4.85. The molecule has 1 heterocycles. The minimum atomic E-state index is -0.597. The quantitative estimate of drug-likeness (QED) is 0.890. The van der Waals surface area contributed by atoms with Gasteiger partial charge in [0.15, 0.2) is 0 Å². The number of hydrogen-bond donors (Lipinski definition) is 2. The molecule has 1 aromatic heterocycles. The highest BCUT2D eigenvalue weighted by atomic mass is 79.9. The Bertz CT molecular complexity index is 638. The van der Waals surface area contributed by atoms with Crippen LogP contribution in [-0.4, -0.2) is 9.97 Å². The van der Waals surface area contributed by atoms with Gasteiger partial charge < -0.3 is 11.1 Å². The lowest BCUT2D eigenvalue weighted by molar-refractivity contribution is 0.624. The third-order valence-electron chi connectivity index (χ3n) is 2.14. The Balaban J connectivity index is 2.44. The number of benzene rings is 1. The van der Waals surface area contributed by atoms with E-state index in [4.69, 9.17) is 11.0 Å². The summed E-state index contributed by atoms with van der Waals surface area (Å²) >= 11 is 3.23. The number of nitrogens with one attached hydrogen (secondary N) is 1. The lowest BCUT2D eigenvalue weighted by atomic mass is 10.2. The van der Waals surface area contributed by atoms with Crippen LogP contribution < -0.4 is 11.1 Å². The molecule has 0 atom stereocenters. The van der Waals surface area contributed by atoms with Gasteiger partial charge in [-0.2, -0.15) is 10.2 Å². The summed E-state index contributed by atoms with van der Waals surface area (Å²) in [5.74, 6) is -0.152. The largest absolute Gasteiger partial charge is 0.368 e. The molecule has 0 spiro atoms. The van der Waals surface area contributed by atoms with Gasteiger partial charge in [-0.1, -0.05) is 6.07 Å². The van der Waals surface area contributed by atoms with E-state index in [0.29, 0.717) is 16.0 Å². The van der Waals surface area contributed by atoms with Crippen molar-refractivity contribution in [3.63, 3.8) is 0 Å². The van der Waals surface area contributed by atoms with Crippen LogP contribution in [0.4, 0.5) is 21.8 Å². The molecule has 7 heteroatoms. The van der Waals surface area contributed by atoms with Gasteiger partial charge in [0.25, 0.3) is 0 Å². The number of nitrogen functional groups attached to an aromatic ring is 1. The summed E-state index contributed by atoms with van der Waals surface area (Å²) in [6.07, 6.45) is 1.47. The average molecular weight is 308 g/mol. The molecule has 1 aromatic carbocycles. The number of nitriles is 1. The van der Waals surface area contributed by atoms with Gasteiger partial charge in [-0.15, -0.1) is 0 Å². The van der Waals surface area contributed by atoms with Gasteiger partial charge in [-0.05, 0) is 28.1 Å². The van der Waals surface area contributed by atoms with Gasteiger partial charge >= 0.3 is 0 Å². The Morgan fingerprint density at radius 3 is 2.94 bits per heavy atom. The molecule has 0 radical (unpaired) electrons. The van der Waals surface area contributed by atoms with Crippen LogP contribution in [0.15, 0.2) is 28.9 Å². The third-order valence-corrected chi connectivity index (χ3v) is 2.72. The van der Waals surface area contributed by atoms with Crippen LogP contribution in [0.2, 0.25) is 0 Å². The van der Waals surface area contributed by atoms with Gasteiger partial charge in [-0.3, -0.25) is 0 Å². The fourth-order valence-corrected chi connectivity index (χ4v) is 1.63. The molecular weight excluding hydrogens is 301 g/mol.